The van der Waals surface area contributed by atoms with Gasteiger partial charge in [0.25, 0.3) is 0 Å². The van der Waals surface area contributed by atoms with Crippen molar-refractivity contribution < 1.29 is 0 Å². The second-order valence-corrected chi connectivity index (χ2v) is 6.47. The van der Waals surface area contributed by atoms with Gasteiger partial charge in [-0.15, -0.1) is 11.3 Å². The molecule has 0 saturated heterocycles. The molecule has 0 atom stereocenters. The summed E-state index contributed by atoms with van der Waals surface area (Å²) in [5, 5.41) is 6.60. The van der Waals surface area contributed by atoms with Gasteiger partial charge in [-0.1, -0.05) is 30.3 Å². The van der Waals surface area contributed by atoms with E-state index in [9.17, 15) is 0 Å². The Morgan fingerprint density at radius 2 is 1.88 bits per heavy atom. The van der Waals surface area contributed by atoms with E-state index in [0.717, 1.165) is 34.7 Å². The Kier molecular flexibility index (Phi) is 4.52. The molecule has 124 valence electrons. The Balaban J connectivity index is 1.40. The first-order chi connectivity index (χ1) is 12.4. The van der Waals surface area contributed by atoms with E-state index >= 15 is 0 Å². The molecule has 5 nitrogen and oxygen atoms in total. The highest BCUT2D eigenvalue weighted by atomic mass is 32.1. The number of nitrogens with one attached hydrogen (secondary N) is 2. The van der Waals surface area contributed by atoms with Crippen LogP contribution in [0.1, 0.15) is 5.56 Å². The van der Waals surface area contributed by atoms with Gasteiger partial charge in [0.15, 0.2) is 0 Å². The number of nitrogens with zero attached hydrogens (tertiary/aromatic N) is 3. The minimum absolute atomic E-state index is 0.577. The zero-order chi connectivity index (χ0) is 16.9. The van der Waals surface area contributed by atoms with Crippen LogP contribution < -0.4 is 10.6 Å². The summed E-state index contributed by atoms with van der Waals surface area (Å²) in [7, 11) is 0. The fraction of sp³-hybridized carbons (Fsp3) is 0.105. The molecule has 0 bridgehead atoms. The van der Waals surface area contributed by atoms with Gasteiger partial charge >= 0.3 is 0 Å². The summed E-state index contributed by atoms with van der Waals surface area (Å²) in [4.78, 5) is 13.1. The number of hydrogen-bond acceptors (Lipinski definition) is 6. The molecule has 0 aliphatic carbocycles. The van der Waals surface area contributed by atoms with Gasteiger partial charge in [-0.2, -0.15) is 4.98 Å². The summed E-state index contributed by atoms with van der Waals surface area (Å²) in [5.74, 6) is 1.39. The first-order valence-corrected chi connectivity index (χ1v) is 8.96. The van der Waals surface area contributed by atoms with E-state index in [1.54, 1.807) is 17.5 Å². The number of fused-ring (bicyclic) bond motifs is 1. The summed E-state index contributed by atoms with van der Waals surface area (Å²) in [5.41, 5.74) is 5.12. The van der Waals surface area contributed by atoms with Crippen molar-refractivity contribution in [2.24, 2.45) is 0 Å². The fourth-order valence-corrected chi connectivity index (χ4v) is 3.28. The zero-order valence-corrected chi connectivity index (χ0v) is 14.3. The summed E-state index contributed by atoms with van der Waals surface area (Å²) in [6, 6.07) is 18.3. The summed E-state index contributed by atoms with van der Waals surface area (Å²) < 4.78 is 1.14. The minimum atomic E-state index is 0.577. The van der Waals surface area contributed by atoms with E-state index in [1.165, 1.54) is 5.56 Å². The molecule has 2 aromatic carbocycles. The number of thiazole rings is 1. The Hall–Kier alpha value is -2.99. The van der Waals surface area contributed by atoms with Gasteiger partial charge in [0.1, 0.15) is 5.82 Å². The standard InChI is InChI=1S/C19H17N5S/c1-2-4-14(5-3-1)8-10-20-18-9-11-21-19(24-18)23-15-6-7-16-17(12-15)25-13-22-16/h1-7,9,11-13H,8,10H2,(H2,20,21,23,24). The third kappa shape index (κ3) is 3.92. The highest BCUT2D eigenvalue weighted by Crippen LogP contribution is 2.23. The smallest absolute Gasteiger partial charge is 0.229 e. The number of benzene rings is 2. The maximum absolute atomic E-state index is 4.52. The first-order valence-electron chi connectivity index (χ1n) is 8.08. The quantitative estimate of drug-likeness (QED) is 0.538. The second kappa shape index (κ2) is 7.27. The number of rotatable bonds is 6. The van der Waals surface area contributed by atoms with Crippen LogP contribution in [0.4, 0.5) is 17.5 Å². The van der Waals surface area contributed by atoms with E-state index < -0.39 is 0 Å². The molecule has 0 unspecified atom stereocenters. The Bertz CT molecular complexity index is 968. The van der Waals surface area contributed by atoms with Gasteiger partial charge in [0.2, 0.25) is 5.95 Å². The largest absolute Gasteiger partial charge is 0.370 e. The molecule has 0 amide bonds. The summed E-state index contributed by atoms with van der Waals surface area (Å²) in [6.07, 6.45) is 2.71. The van der Waals surface area contributed by atoms with E-state index in [0.29, 0.717) is 5.95 Å². The van der Waals surface area contributed by atoms with Crippen LogP contribution in [-0.4, -0.2) is 21.5 Å². The predicted molar refractivity (Wildman–Crippen MR) is 104 cm³/mol. The lowest BCUT2D eigenvalue weighted by Gasteiger charge is -2.08. The van der Waals surface area contributed by atoms with E-state index in [-0.39, 0.29) is 0 Å². The van der Waals surface area contributed by atoms with Crippen LogP contribution in [0, 0.1) is 0 Å². The summed E-state index contributed by atoms with van der Waals surface area (Å²) >= 11 is 1.62. The van der Waals surface area contributed by atoms with Crippen LogP contribution in [0.2, 0.25) is 0 Å². The number of anilines is 3. The highest BCUT2D eigenvalue weighted by molar-refractivity contribution is 7.16. The van der Waals surface area contributed by atoms with Crippen LogP contribution in [0.5, 0.6) is 0 Å². The molecule has 0 aliphatic rings. The topological polar surface area (TPSA) is 62.7 Å². The van der Waals surface area contributed by atoms with Gasteiger partial charge in [-0.25, -0.2) is 9.97 Å². The van der Waals surface area contributed by atoms with Gasteiger partial charge in [0.05, 0.1) is 15.7 Å². The molecule has 2 heterocycles. The van der Waals surface area contributed by atoms with Gasteiger partial charge in [0, 0.05) is 18.4 Å². The van der Waals surface area contributed by atoms with Crippen molar-refractivity contribution in [2.75, 3.05) is 17.2 Å². The molecular formula is C19H17N5S. The third-order valence-corrected chi connectivity index (χ3v) is 4.60. The van der Waals surface area contributed by atoms with Crippen LogP contribution in [0.3, 0.4) is 0 Å². The van der Waals surface area contributed by atoms with Crippen molar-refractivity contribution in [1.82, 2.24) is 15.0 Å². The molecule has 0 radical (unpaired) electrons. The number of hydrogen-bond donors (Lipinski definition) is 2. The minimum Gasteiger partial charge on any atom is -0.370 e. The van der Waals surface area contributed by atoms with Crippen LogP contribution in [-0.2, 0) is 6.42 Å². The van der Waals surface area contributed by atoms with Crippen molar-refractivity contribution >= 4 is 39.0 Å². The molecule has 0 aliphatic heterocycles. The molecule has 4 aromatic rings. The lowest BCUT2D eigenvalue weighted by atomic mass is 10.1. The van der Waals surface area contributed by atoms with Gasteiger partial charge in [-0.3, -0.25) is 0 Å². The Morgan fingerprint density at radius 1 is 0.960 bits per heavy atom. The van der Waals surface area contributed by atoms with Gasteiger partial charge < -0.3 is 10.6 Å². The monoisotopic (exact) mass is 347 g/mol. The number of aromatic nitrogens is 3. The molecule has 0 saturated carbocycles. The normalized spacial score (nSPS) is 10.7. The SMILES string of the molecule is c1ccc(CCNc2ccnc(Nc3ccc4ncsc4c3)n2)cc1. The van der Waals surface area contributed by atoms with Crippen molar-refractivity contribution in [2.45, 2.75) is 6.42 Å². The lowest BCUT2D eigenvalue weighted by Crippen LogP contribution is -2.07. The van der Waals surface area contributed by atoms with E-state index in [2.05, 4.69) is 55.9 Å². The lowest BCUT2D eigenvalue weighted by molar-refractivity contribution is 1.00. The highest BCUT2D eigenvalue weighted by Gasteiger charge is 2.03. The van der Waals surface area contributed by atoms with Crippen LogP contribution in [0.25, 0.3) is 10.2 Å². The molecule has 0 spiro atoms. The van der Waals surface area contributed by atoms with Crippen molar-refractivity contribution in [3.63, 3.8) is 0 Å². The van der Waals surface area contributed by atoms with Crippen molar-refractivity contribution in [1.29, 1.82) is 0 Å². The average Bonchev–Trinajstić information content (AvgIpc) is 3.11. The molecule has 6 heteroatoms. The molecule has 25 heavy (non-hydrogen) atoms. The maximum atomic E-state index is 4.52. The van der Waals surface area contributed by atoms with E-state index in [1.807, 2.05) is 29.8 Å². The average molecular weight is 347 g/mol. The molecule has 2 aromatic heterocycles. The zero-order valence-electron chi connectivity index (χ0n) is 13.5. The van der Waals surface area contributed by atoms with E-state index in [4.69, 9.17) is 0 Å². The molecule has 0 fully saturated rings. The Morgan fingerprint density at radius 3 is 2.80 bits per heavy atom. The summed E-state index contributed by atoms with van der Waals surface area (Å²) in [6.45, 7) is 0.827. The van der Waals surface area contributed by atoms with Crippen molar-refractivity contribution in [3.8, 4) is 0 Å². The van der Waals surface area contributed by atoms with Crippen molar-refractivity contribution in [3.05, 3.63) is 71.9 Å². The fourth-order valence-electron chi connectivity index (χ4n) is 2.56. The third-order valence-electron chi connectivity index (χ3n) is 3.81. The Labute approximate surface area is 149 Å². The second-order valence-electron chi connectivity index (χ2n) is 5.59. The maximum Gasteiger partial charge on any atom is 0.229 e. The molecular weight excluding hydrogens is 330 g/mol. The van der Waals surface area contributed by atoms with Crippen LogP contribution in [0.15, 0.2) is 66.3 Å². The molecule has 2 N–H and O–H groups in total. The van der Waals surface area contributed by atoms with Crippen LogP contribution >= 0.6 is 11.3 Å². The predicted octanol–water partition coefficient (Wildman–Crippen LogP) is 4.48. The first kappa shape index (κ1) is 15.5. The molecule has 4 rings (SSSR count). The van der Waals surface area contributed by atoms with Gasteiger partial charge in [-0.05, 0) is 36.2 Å².